The molecule has 0 heterocycles. The molecular formula is C27H30N2O5. The molecule has 7 heteroatoms. The van der Waals surface area contributed by atoms with Gasteiger partial charge < -0.3 is 20.9 Å². The Morgan fingerprint density at radius 3 is 2.32 bits per heavy atom. The second-order valence-corrected chi connectivity index (χ2v) is 8.26. The van der Waals surface area contributed by atoms with Crippen molar-refractivity contribution in [2.45, 2.75) is 45.3 Å². The maximum Gasteiger partial charge on any atom is 0.320 e. The molecule has 3 aromatic carbocycles. The topological polar surface area (TPSA) is 122 Å². The summed E-state index contributed by atoms with van der Waals surface area (Å²) in [7, 11) is 0. The summed E-state index contributed by atoms with van der Waals surface area (Å²) in [6.45, 7) is 1.82. The van der Waals surface area contributed by atoms with Gasteiger partial charge in [0.1, 0.15) is 12.7 Å². The molecule has 0 radical (unpaired) electrons. The zero-order valence-electron chi connectivity index (χ0n) is 19.2. The second-order valence-electron chi connectivity index (χ2n) is 8.26. The highest BCUT2D eigenvalue weighted by molar-refractivity contribution is 5.95. The minimum absolute atomic E-state index is 0.0409. The Morgan fingerprint density at radius 2 is 1.62 bits per heavy atom. The maximum absolute atomic E-state index is 12.9. The zero-order valence-corrected chi connectivity index (χ0v) is 19.2. The Labute approximate surface area is 199 Å². The molecule has 7 nitrogen and oxygen atoms in total. The normalized spacial score (nSPS) is 12.6. The molecule has 34 heavy (non-hydrogen) atoms. The van der Waals surface area contributed by atoms with E-state index in [2.05, 4.69) is 0 Å². The van der Waals surface area contributed by atoms with Crippen LogP contribution in [-0.2, 0) is 36.9 Å². The molecular weight excluding hydrogens is 432 g/mol. The van der Waals surface area contributed by atoms with Crippen molar-refractivity contribution in [3.05, 3.63) is 77.9 Å². The molecule has 0 aliphatic carbocycles. The third-order valence-corrected chi connectivity index (χ3v) is 5.56. The number of nitrogen functional groups attached to an aromatic ring is 1. The van der Waals surface area contributed by atoms with Gasteiger partial charge in [-0.05, 0) is 28.8 Å². The molecule has 2 atom stereocenters. The van der Waals surface area contributed by atoms with Crippen LogP contribution in [0, 0.1) is 5.92 Å². The summed E-state index contributed by atoms with van der Waals surface area (Å²) in [5.74, 6) is -3.09. The van der Waals surface area contributed by atoms with Gasteiger partial charge >= 0.3 is 11.9 Å². The average Bonchev–Trinajstić information content (AvgIpc) is 2.81. The number of ether oxygens (including phenoxy) is 2. The number of carbonyl (C=O) groups excluding carboxylic acids is 3. The van der Waals surface area contributed by atoms with Crippen LogP contribution in [0.25, 0.3) is 10.8 Å². The van der Waals surface area contributed by atoms with Crippen molar-refractivity contribution in [3.63, 3.8) is 0 Å². The van der Waals surface area contributed by atoms with Crippen LogP contribution in [0.2, 0.25) is 0 Å². The van der Waals surface area contributed by atoms with E-state index in [9.17, 15) is 14.4 Å². The van der Waals surface area contributed by atoms with Crippen molar-refractivity contribution in [3.8, 4) is 0 Å². The lowest BCUT2D eigenvalue weighted by Crippen LogP contribution is -2.33. The third kappa shape index (κ3) is 6.81. The fourth-order valence-corrected chi connectivity index (χ4v) is 3.79. The summed E-state index contributed by atoms with van der Waals surface area (Å²) < 4.78 is 11.0. The van der Waals surface area contributed by atoms with Gasteiger partial charge in [0.25, 0.3) is 0 Å². The van der Waals surface area contributed by atoms with E-state index in [1.54, 1.807) is 24.3 Å². The Kier molecular flexibility index (Phi) is 8.62. The fraction of sp³-hybridized carbons (Fsp3) is 0.296. The summed E-state index contributed by atoms with van der Waals surface area (Å²) in [5.41, 5.74) is 13.3. The van der Waals surface area contributed by atoms with Crippen LogP contribution in [0.3, 0.4) is 0 Å². The number of primary amides is 1. The van der Waals surface area contributed by atoms with Gasteiger partial charge in [-0.2, -0.15) is 0 Å². The lowest BCUT2D eigenvalue weighted by Gasteiger charge is -2.21. The second kappa shape index (κ2) is 11.8. The van der Waals surface area contributed by atoms with Gasteiger partial charge in [0.2, 0.25) is 5.91 Å². The first-order valence-electron chi connectivity index (χ1n) is 11.3. The molecule has 0 bridgehead atoms. The number of nitrogens with two attached hydrogens (primary N) is 2. The molecule has 0 spiro atoms. The average molecular weight is 463 g/mol. The number of rotatable bonds is 11. The number of fused-ring (bicyclic) bond motifs is 1. The van der Waals surface area contributed by atoms with Crippen molar-refractivity contribution < 1.29 is 23.9 Å². The first kappa shape index (κ1) is 24.8. The minimum Gasteiger partial charge on any atom is -0.461 e. The van der Waals surface area contributed by atoms with Crippen molar-refractivity contribution in [1.29, 1.82) is 0 Å². The van der Waals surface area contributed by atoms with Crippen molar-refractivity contribution in [1.82, 2.24) is 0 Å². The molecule has 0 aliphatic heterocycles. The monoisotopic (exact) mass is 462 g/mol. The molecule has 4 N–H and O–H groups in total. The number of hydrogen-bond acceptors (Lipinski definition) is 6. The van der Waals surface area contributed by atoms with Crippen LogP contribution in [-0.4, -0.2) is 23.9 Å². The molecule has 0 saturated heterocycles. The van der Waals surface area contributed by atoms with E-state index in [0.29, 0.717) is 24.1 Å². The van der Waals surface area contributed by atoms with Gasteiger partial charge in [0.15, 0.2) is 5.92 Å². The number of esters is 2. The van der Waals surface area contributed by atoms with E-state index in [4.69, 9.17) is 20.9 Å². The SMILES string of the molecule is CCC[C@@H](C(=O)OCc1ccccc1N)C(=O)O[C@H](CC(N)=O)Cc1ccc2ccccc2c1. The number of carbonyl (C=O) groups is 3. The lowest BCUT2D eigenvalue weighted by molar-refractivity contribution is -0.166. The quantitative estimate of drug-likeness (QED) is 0.253. The van der Waals surface area contributed by atoms with Crippen LogP contribution in [0.1, 0.15) is 37.3 Å². The van der Waals surface area contributed by atoms with Crippen LogP contribution in [0.15, 0.2) is 66.7 Å². The van der Waals surface area contributed by atoms with Crippen molar-refractivity contribution in [2.24, 2.45) is 11.7 Å². The van der Waals surface area contributed by atoms with Crippen LogP contribution < -0.4 is 11.5 Å². The van der Waals surface area contributed by atoms with Crippen molar-refractivity contribution >= 4 is 34.3 Å². The number of para-hydroxylation sites is 1. The summed E-state index contributed by atoms with van der Waals surface area (Å²) in [6, 6.07) is 20.8. The fourth-order valence-electron chi connectivity index (χ4n) is 3.79. The van der Waals surface area contributed by atoms with E-state index < -0.39 is 29.9 Å². The van der Waals surface area contributed by atoms with E-state index in [-0.39, 0.29) is 19.4 Å². The molecule has 3 aromatic rings. The van der Waals surface area contributed by atoms with Gasteiger partial charge in [-0.25, -0.2) is 0 Å². The van der Waals surface area contributed by atoms with Gasteiger partial charge in [-0.3, -0.25) is 14.4 Å². The molecule has 1 amide bonds. The van der Waals surface area contributed by atoms with Crippen molar-refractivity contribution in [2.75, 3.05) is 5.73 Å². The summed E-state index contributed by atoms with van der Waals surface area (Å²) in [6.07, 6.45) is 0.207. The largest absolute Gasteiger partial charge is 0.461 e. The standard InChI is InChI=1S/C27H30N2O5/c1-2-7-23(26(31)33-17-21-10-5-6-11-24(21)28)27(32)34-22(16-25(29)30)15-18-12-13-19-8-3-4-9-20(19)14-18/h3-6,8-14,22-23H,2,7,15-17,28H2,1H3,(H2,29,30)/t22-,23-/m0/s1. The van der Waals surface area contributed by atoms with Gasteiger partial charge in [0, 0.05) is 17.7 Å². The number of benzene rings is 3. The van der Waals surface area contributed by atoms with Crippen LogP contribution in [0.4, 0.5) is 5.69 Å². The lowest BCUT2D eigenvalue weighted by atomic mass is 10.0. The smallest absolute Gasteiger partial charge is 0.320 e. The number of hydrogen-bond donors (Lipinski definition) is 2. The van der Waals surface area contributed by atoms with E-state index in [1.165, 1.54) is 0 Å². The highest BCUT2D eigenvalue weighted by Crippen LogP contribution is 2.21. The first-order chi connectivity index (χ1) is 16.4. The van der Waals surface area contributed by atoms with Crippen LogP contribution in [0.5, 0.6) is 0 Å². The Balaban J connectivity index is 1.69. The summed E-state index contributed by atoms with van der Waals surface area (Å²) >= 11 is 0. The minimum atomic E-state index is -1.10. The molecule has 178 valence electrons. The Morgan fingerprint density at radius 1 is 0.912 bits per heavy atom. The first-order valence-corrected chi connectivity index (χ1v) is 11.3. The Bertz CT molecular complexity index is 1160. The molecule has 3 rings (SSSR count). The third-order valence-electron chi connectivity index (χ3n) is 5.56. The summed E-state index contributed by atoms with van der Waals surface area (Å²) in [5, 5.41) is 2.12. The maximum atomic E-state index is 12.9. The Hall–Kier alpha value is -3.87. The molecule has 0 aromatic heterocycles. The van der Waals surface area contributed by atoms with E-state index in [1.807, 2.05) is 49.4 Å². The molecule has 0 fully saturated rings. The van der Waals surface area contributed by atoms with Gasteiger partial charge in [-0.1, -0.05) is 74.0 Å². The number of amides is 1. The van der Waals surface area contributed by atoms with Crippen LogP contribution >= 0.6 is 0 Å². The summed E-state index contributed by atoms with van der Waals surface area (Å²) in [4.78, 5) is 37.3. The predicted octanol–water partition coefficient (Wildman–Crippen LogP) is 3.91. The van der Waals surface area contributed by atoms with E-state index in [0.717, 1.165) is 16.3 Å². The number of anilines is 1. The van der Waals surface area contributed by atoms with E-state index >= 15 is 0 Å². The highest BCUT2D eigenvalue weighted by atomic mass is 16.6. The molecule has 0 unspecified atom stereocenters. The van der Waals surface area contributed by atoms with Gasteiger partial charge in [0.05, 0.1) is 6.42 Å². The predicted molar refractivity (Wildman–Crippen MR) is 130 cm³/mol. The highest BCUT2D eigenvalue weighted by Gasteiger charge is 2.31. The zero-order chi connectivity index (χ0) is 24.5. The van der Waals surface area contributed by atoms with Gasteiger partial charge in [-0.15, -0.1) is 0 Å². The molecule has 0 saturated carbocycles. The molecule has 0 aliphatic rings.